The molecular weight excluding hydrogens is 342 g/mol. The summed E-state index contributed by atoms with van der Waals surface area (Å²) in [5, 5.41) is 7.72. The van der Waals surface area contributed by atoms with Crippen molar-refractivity contribution in [2.45, 2.75) is 18.8 Å². The molecule has 24 heavy (non-hydrogen) atoms. The molecule has 0 bridgehead atoms. The van der Waals surface area contributed by atoms with Gasteiger partial charge in [0.1, 0.15) is 0 Å². The van der Waals surface area contributed by atoms with Gasteiger partial charge in [0.05, 0.1) is 5.00 Å². The van der Waals surface area contributed by atoms with E-state index in [-0.39, 0.29) is 6.03 Å². The first-order valence-electron chi connectivity index (χ1n) is 8.06. The Balaban J connectivity index is 1.40. The topological polar surface area (TPSA) is 48.1 Å². The number of aromatic nitrogens is 1. The molecule has 4 nitrogen and oxygen atoms in total. The maximum atomic E-state index is 12.3. The number of likely N-dealkylation sites (tertiary alicyclic amines) is 1. The van der Waals surface area contributed by atoms with E-state index < -0.39 is 0 Å². The standard InChI is InChI=1S/C18H18ClN3OS/c19-14-3-4-15-13(10-14)11-16(20-15)12-5-7-22(8-6-12)18(23)21-17-2-1-9-24-17/h1-4,9-12,20H,5-8H2,(H,21,23). The summed E-state index contributed by atoms with van der Waals surface area (Å²) in [6, 6.07) is 12.0. The molecule has 6 heteroatoms. The van der Waals surface area contributed by atoms with Crippen molar-refractivity contribution < 1.29 is 4.79 Å². The quantitative estimate of drug-likeness (QED) is 0.641. The van der Waals surface area contributed by atoms with E-state index >= 15 is 0 Å². The summed E-state index contributed by atoms with van der Waals surface area (Å²) < 4.78 is 0. The molecule has 0 saturated carbocycles. The van der Waals surface area contributed by atoms with E-state index in [1.54, 1.807) is 11.3 Å². The van der Waals surface area contributed by atoms with Gasteiger partial charge < -0.3 is 9.88 Å². The maximum absolute atomic E-state index is 12.3. The number of H-pyrrole nitrogens is 1. The summed E-state index contributed by atoms with van der Waals surface area (Å²) in [6.45, 7) is 1.55. The number of nitrogens with zero attached hydrogens (tertiary/aromatic N) is 1. The third-order valence-electron chi connectivity index (χ3n) is 4.58. The molecule has 0 atom stereocenters. The van der Waals surface area contributed by atoms with Gasteiger partial charge in [0.25, 0.3) is 0 Å². The van der Waals surface area contributed by atoms with Crippen LogP contribution in [-0.2, 0) is 0 Å². The van der Waals surface area contributed by atoms with E-state index in [1.807, 2.05) is 40.6 Å². The molecule has 3 aromatic rings. The third kappa shape index (κ3) is 3.14. The van der Waals surface area contributed by atoms with Crippen LogP contribution in [0, 0.1) is 0 Å². The van der Waals surface area contributed by atoms with Gasteiger partial charge in [-0.05, 0) is 54.6 Å². The Kier molecular flexibility index (Phi) is 4.21. The zero-order chi connectivity index (χ0) is 16.5. The van der Waals surface area contributed by atoms with Crippen molar-refractivity contribution in [3.05, 3.63) is 52.5 Å². The van der Waals surface area contributed by atoms with Crippen LogP contribution in [0.1, 0.15) is 24.5 Å². The fourth-order valence-electron chi connectivity index (χ4n) is 3.27. The number of fused-ring (bicyclic) bond motifs is 1. The molecule has 1 aliphatic heterocycles. The van der Waals surface area contributed by atoms with E-state index in [0.717, 1.165) is 46.9 Å². The zero-order valence-corrected chi connectivity index (χ0v) is 14.7. The summed E-state index contributed by atoms with van der Waals surface area (Å²) in [5.41, 5.74) is 2.36. The average Bonchev–Trinajstić information content (AvgIpc) is 3.24. The monoisotopic (exact) mass is 359 g/mol. The number of hydrogen-bond donors (Lipinski definition) is 2. The Morgan fingerprint density at radius 3 is 2.83 bits per heavy atom. The van der Waals surface area contributed by atoms with E-state index in [0.29, 0.717) is 5.92 Å². The van der Waals surface area contributed by atoms with Crippen LogP contribution in [0.15, 0.2) is 41.8 Å². The number of aromatic amines is 1. The Bertz CT molecular complexity index is 850. The minimum Gasteiger partial charge on any atom is -0.358 e. The fourth-order valence-corrected chi connectivity index (χ4v) is 4.06. The molecule has 1 fully saturated rings. The molecule has 1 aliphatic rings. The van der Waals surface area contributed by atoms with Gasteiger partial charge in [-0.15, -0.1) is 11.3 Å². The molecule has 2 amide bonds. The lowest BCUT2D eigenvalue weighted by molar-refractivity contribution is 0.194. The van der Waals surface area contributed by atoms with Crippen molar-refractivity contribution in [3.8, 4) is 0 Å². The SMILES string of the molecule is O=C(Nc1cccs1)N1CCC(c2cc3cc(Cl)ccc3[nH]2)CC1. The van der Waals surface area contributed by atoms with Gasteiger partial charge in [-0.2, -0.15) is 0 Å². The second-order valence-corrected chi connectivity index (χ2v) is 7.51. The van der Waals surface area contributed by atoms with Crippen molar-refractivity contribution in [1.82, 2.24) is 9.88 Å². The second-order valence-electron chi connectivity index (χ2n) is 6.13. The molecule has 2 aromatic heterocycles. The zero-order valence-electron chi connectivity index (χ0n) is 13.1. The highest BCUT2D eigenvalue weighted by atomic mass is 35.5. The number of rotatable bonds is 2. The molecule has 3 heterocycles. The highest BCUT2D eigenvalue weighted by molar-refractivity contribution is 7.14. The number of urea groups is 1. The summed E-state index contributed by atoms with van der Waals surface area (Å²) in [4.78, 5) is 17.7. The van der Waals surface area contributed by atoms with Crippen LogP contribution in [0.3, 0.4) is 0 Å². The number of anilines is 1. The molecule has 0 aliphatic carbocycles. The predicted molar refractivity (Wildman–Crippen MR) is 100 cm³/mol. The van der Waals surface area contributed by atoms with Gasteiger partial charge in [-0.25, -0.2) is 4.79 Å². The Labute approximate surface area is 149 Å². The number of thiophene rings is 1. The Morgan fingerprint density at radius 1 is 1.25 bits per heavy atom. The second kappa shape index (κ2) is 6.49. The highest BCUT2D eigenvalue weighted by Crippen LogP contribution is 2.31. The molecule has 0 spiro atoms. The van der Waals surface area contributed by atoms with Crippen LogP contribution < -0.4 is 5.32 Å². The van der Waals surface area contributed by atoms with Crippen molar-refractivity contribution in [1.29, 1.82) is 0 Å². The van der Waals surface area contributed by atoms with Crippen LogP contribution in [0.5, 0.6) is 0 Å². The third-order valence-corrected chi connectivity index (χ3v) is 5.60. The van der Waals surface area contributed by atoms with Crippen molar-refractivity contribution in [3.63, 3.8) is 0 Å². The number of nitrogens with one attached hydrogen (secondary N) is 2. The number of piperidine rings is 1. The van der Waals surface area contributed by atoms with Gasteiger partial charge in [-0.1, -0.05) is 11.6 Å². The summed E-state index contributed by atoms with van der Waals surface area (Å²) in [7, 11) is 0. The number of carbonyl (C=O) groups excluding carboxylic acids is 1. The van der Waals surface area contributed by atoms with Crippen molar-refractivity contribution >= 4 is 44.9 Å². The van der Waals surface area contributed by atoms with E-state index in [4.69, 9.17) is 11.6 Å². The van der Waals surface area contributed by atoms with Crippen molar-refractivity contribution in [2.24, 2.45) is 0 Å². The van der Waals surface area contributed by atoms with Gasteiger partial charge in [0, 0.05) is 40.6 Å². The van der Waals surface area contributed by atoms with Gasteiger partial charge in [0.15, 0.2) is 0 Å². The first-order valence-corrected chi connectivity index (χ1v) is 9.32. The van der Waals surface area contributed by atoms with Crippen LogP contribution >= 0.6 is 22.9 Å². The van der Waals surface area contributed by atoms with Gasteiger partial charge in [-0.3, -0.25) is 5.32 Å². The lowest BCUT2D eigenvalue weighted by atomic mass is 9.94. The minimum absolute atomic E-state index is 0.000622. The van der Waals surface area contributed by atoms with E-state index in [1.165, 1.54) is 5.69 Å². The summed E-state index contributed by atoms with van der Waals surface area (Å²) in [5.74, 6) is 0.460. The molecule has 1 saturated heterocycles. The number of benzene rings is 1. The van der Waals surface area contributed by atoms with Crippen LogP contribution in [0.4, 0.5) is 9.80 Å². The molecule has 2 N–H and O–H groups in total. The maximum Gasteiger partial charge on any atom is 0.322 e. The Morgan fingerprint density at radius 2 is 2.08 bits per heavy atom. The molecule has 1 aromatic carbocycles. The molecule has 0 unspecified atom stereocenters. The first-order chi connectivity index (χ1) is 11.7. The Hall–Kier alpha value is -1.98. The van der Waals surface area contributed by atoms with E-state index in [2.05, 4.69) is 16.4 Å². The van der Waals surface area contributed by atoms with Gasteiger partial charge in [0.2, 0.25) is 0 Å². The largest absolute Gasteiger partial charge is 0.358 e. The minimum atomic E-state index is -0.000622. The number of amides is 2. The van der Waals surface area contributed by atoms with Crippen LogP contribution in [0.25, 0.3) is 10.9 Å². The summed E-state index contributed by atoms with van der Waals surface area (Å²) in [6.07, 6.45) is 1.94. The first kappa shape index (κ1) is 15.5. The predicted octanol–water partition coefficient (Wildman–Crippen LogP) is 5.29. The number of hydrogen-bond acceptors (Lipinski definition) is 2. The number of halogens is 1. The smallest absolute Gasteiger partial charge is 0.322 e. The summed E-state index contributed by atoms with van der Waals surface area (Å²) >= 11 is 7.60. The van der Waals surface area contributed by atoms with E-state index in [9.17, 15) is 4.79 Å². The molecule has 4 rings (SSSR count). The van der Waals surface area contributed by atoms with Crippen LogP contribution in [0.2, 0.25) is 5.02 Å². The average molecular weight is 360 g/mol. The lowest BCUT2D eigenvalue weighted by Gasteiger charge is -2.31. The number of carbonyl (C=O) groups is 1. The van der Waals surface area contributed by atoms with Crippen LogP contribution in [-0.4, -0.2) is 29.0 Å². The fraction of sp³-hybridized carbons (Fsp3) is 0.278. The molecular formula is C18H18ClN3OS. The van der Waals surface area contributed by atoms with Gasteiger partial charge >= 0.3 is 6.03 Å². The highest BCUT2D eigenvalue weighted by Gasteiger charge is 2.25. The normalized spacial score (nSPS) is 15.8. The molecule has 0 radical (unpaired) electrons. The molecule has 124 valence electrons. The lowest BCUT2D eigenvalue weighted by Crippen LogP contribution is -2.40. The van der Waals surface area contributed by atoms with Crippen molar-refractivity contribution in [2.75, 3.05) is 18.4 Å².